The molecule has 0 saturated carbocycles. The highest BCUT2D eigenvalue weighted by molar-refractivity contribution is 5.92. The maximum absolute atomic E-state index is 13.1. The molecule has 1 aliphatic heterocycles. The van der Waals surface area contributed by atoms with Gasteiger partial charge in [-0.05, 0) is 17.7 Å². The molecule has 3 amide bonds. The molecule has 1 aliphatic rings. The fourth-order valence-corrected chi connectivity index (χ4v) is 2.67. The van der Waals surface area contributed by atoms with E-state index in [9.17, 15) is 18.8 Å². The van der Waals surface area contributed by atoms with Crippen LogP contribution >= 0.6 is 0 Å². The Morgan fingerprint density at radius 1 is 1.30 bits per heavy atom. The molecule has 2 atom stereocenters. The van der Waals surface area contributed by atoms with E-state index in [1.807, 2.05) is 0 Å². The van der Waals surface area contributed by atoms with Gasteiger partial charge in [0.2, 0.25) is 17.7 Å². The van der Waals surface area contributed by atoms with Crippen LogP contribution in [0.25, 0.3) is 0 Å². The number of hydrogen-bond acceptors (Lipinski definition) is 3. The third-order valence-electron chi connectivity index (χ3n) is 4.05. The molecule has 1 fully saturated rings. The number of likely N-dealkylation sites (N-methyl/N-ethyl adjacent to an activating group) is 1. The summed E-state index contributed by atoms with van der Waals surface area (Å²) in [6, 6.07) is 5.28. The van der Waals surface area contributed by atoms with Crippen LogP contribution in [0.3, 0.4) is 0 Å². The van der Waals surface area contributed by atoms with Gasteiger partial charge >= 0.3 is 0 Å². The van der Waals surface area contributed by atoms with Crippen molar-refractivity contribution >= 4 is 17.7 Å². The number of nitrogens with one attached hydrogen (secondary N) is 1. The van der Waals surface area contributed by atoms with Crippen molar-refractivity contribution in [3.8, 4) is 0 Å². The van der Waals surface area contributed by atoms with E-state index in [4.69, 9.17) is 0 Å². The molecule has 1 N–H and O–H groups in total. The van der Waals surface area contributed by atoms with Crippen LogP contribution in [0.2, 0.25) is 0 Å². The molecule has 2 rings (SSSR count). The molecule has 1 aromatic rings. The summed E-state index contributed by atoms with van der Waals surface area (Å²) < 4.78 is 13.1. The summed E-state index contributed by atoms with van der Waals surface area (Å²) in [6.07, 6.45) is 0.0700. The van der Waals surface area contributed by atoms with Crippen LogP contribution in [0.5, 0.6) is 0 Å². The first-order valence-electron chi connectivity index (χ1n) is 7.30. The Balaban J connectivity index is 2.15. The summed E-state index contributed by atoms with van der Waals surface area (Å²) in [6.45, 7) is -0.115. The van der Waals surface area contributed by atoms with E-state index in [2.05, 4.69) is 5.32 Å². The second-order valence-corrected chi connectivity index (χ2v) is 5.82. The largest absolute Gasteiger partial charge is 0.347 e. The summed E-state index contributed by atoms with van der Waals surface area (Å²) in [7, 11) is 4.82. The molecule has 0 spiro atoms. The van der Waals surface area contributed by atoms with E-state index in [0.717, 1.165) is 0 Å². The van der Waals surface area contributed by atoms with Crippen LogP contribution in [0.15, 0.2) is 24.3 Å². The van der Waals surface area contributed by atoms with Crippen LogP contribution in [-0.2, 0) is 14.4 Å². The van der Waals surface area contributed by atoms with Crippen molar-refractivity contribution < 1.29 is 18.8 Å². The third-order valence-corrected chi connectivity index (χ3v) is 4.05. The molecule has 0 aliphatic carbocycles. The molecule has 124 valence electrons. The third kappa shape index (κ3) is 3.67. The Morgan fingerprint density at radius 3 is 2.48 bits per heavy atom. The fourth-order valence-electron chi connectivity index (χ4n) is 2.67. The molecule has 1 heterocycles. The normalized spacial score (nSPS) is 20.5. The van der Waals surface area contributed by atoms with Gasteiger partial charge in [-0.25, -0.2) is 4.39 Å². The predicted molar refractivity (Wildman–Crippen MR) is 81.7 cm³/mol. The first kappa shape index (κ1) is 16.9. The monoisotopic (exact) mass is 321 g/mol. The Morgan fingerprint density at radius 2 is 1.91 bits per heavy atom. The quantitative estimate of drug-likeness (QED) is 0.880. The molecule has 1 saturated heterocycles. The Labute approximate surface area is 134 Å². The number of amides is 3. The molecule has 0 aromatic heterocycles. The van der Waals surface area contributed by atoms with Gasteiger partial charge in [-0.3, -0.25) is 14.4 Å². The lowest BCUT2D eigenvalue weighted by Gasteiger charge is -2.25. The van der Waals surface area contributed by atoms with Gasteiger partial charge in [0, 0.05) is 27.6 Å². The Bertz CT molecular complexity index is 616. The number of hydrogen-bond donors (Lipinski definition) is 1. The van der Waals surface area contributed by atoms with Gasteiger partial charge in [-0.2, -0.15) is 0 Å². The van der Waals surface area contributed by atoms with Gasteiger partial charge in [0.1, 0.15) is 5.82 Å². The van der Waals surface area contributed by atoms with Gasteiger partial charge in [0.15, 0.2) is 0 Å². The highest BCUT2D eigenvalue weighted by Gasteiger charge is 2.42. The predicted octanol–water partition coefficient (Wildman–Crippen LogP) is 0.549. The lowest BCUT2D eigenvalue weighted by Crippen LogP contribution is -2.40. The number of nitrogens with zero attached hydrogens (tertiary/aromatic N) is 2. The first-order chi connectivity index (χ1) is 10.8. The van der Waals surface area contributed by atoms with E-state index in [1.54, 1.807) is 33.3 Å². The number of rotatable bonds is 4. The van der Waals surface area contributed by atoms with Crippen LogP contribution < -0.4 is 5.32 Å². The van der Waals surface area contributed by atoms with Gasteiger partial charge in [-0.15, -0.1) is 0 Å². The minimum atomic E-state index is -0.604. The molecule has 23 heavy (non-hydrogen) atoms. The average Bonchev–Trinajstić information content (AvgIpc) is 2.81. The van der Waals surface area contributed by atoms with Gasteiger partial charge in [-0.1, -0.05) is 12.1 Å². The topological polar surface area (TPSA) is 69.7 Å². The fraction of sp³-hybridized carbons (Fsp3) is 0.438. The van der Waals surface area contributed by atoms with Gasteiger partial charge in [0.25, 0.3) is 0 Å². The summed E-state index contributed by atoms with van der Waals surface area (Å²) in [4.78, 5) is 38.8. The van der Waals surface area contributed by atoms with Crippen molar-refractivity contribution in [2.45, 2.75) is 12.5 Å². The molecule has 6 nitrogen and oxygen atoms in total. The highest BCUT2D eigenvalue weighted by atomic mass is 19.1. The van der Waals surface area contributed by atoms with Crippen molar-refractivity contribution in [3.05, 3.63) is 35.6 Å². The molecular weight excluding hydrogens is 301 g/mol. The van der Waals surface area contributed by atoms with E-state index in [-0.39, 0.29) is 36.5 Å². The number of halogens is 1. The standard InChI is InChI=1S/C16H20FN3O3/c1-19(2)14(22)9-18-16(23)12-8-13(21)20(3)15(12)10-4-6-11(17)7-5-10/h4-7,12,15H,8-9H2,1-3H3,(H,18,23)/t12-,15-/m1/s1. The molecule has 1 aromatic carbocycles. The minimum absolute atomic E-state index is 0.0700. The van der Waals surface area contributed by atoms with Crippen molar-refractivity contribution in [2.75, 3.05) is 27.7 Å². The average molecular weight is 321 g/mol. The van der Waals surface area contributed by atoms with Gasteiger partial charge < -0.3 is 15.1 Å². The zero-order valence-electron chi connectivity index (χ0n) is 13.4. The first-order valence-corrected chi connectivity index (χ1v) is 7.30. The molecule has 7 heteroatoms. The second-order valence-electron chi connectivity index (χ2n) is 5.82. The lowest BCUT2D eigenvalue weighted by atomic mass is 9.93. The Hall–Kier alpha value is -2.44. The van der Waals surface area contributed by atoms with E-state index >= 15 is 0 Å². The minimum Gasteiger partial charge on any atom is -0.347 e. The van der Waals surface area contributed by atoms with E-state index < -0.39 is 12.0 Å². The van der Waals surface area contributed by atoms with Crippen molar-refractivity contribution in [2.24, 2.45) is 5.92 Å². The SMILES string of the molecule is CN(C)C(=O)CNC(=O)[C@@H]1CC(=O)N(C)[C@@H]1c1ccc(F)cc1. The van der Waals surface area contributed by atoms with Crippen molar-refractivity contribution in [1.29, 1.82) is 0 Å². The zero-order valence-corrected chi connectivity index (χ0v) is 13.4. The van der Waals surface area contributed by atoms with E-state index in [1.165, 1.54) is 21.9 Å². The number of benzene rings is 1. The van der Waals surface area contributed by atoms with Crippen LogP contribution in [-0.4, -0.2) is 55.2 Å². The molecule has 0 radical (unpaired) electrons. The number of likely N-dealkylation sites (tertiary alicyclic amines) is 1. The number of carbonyl (C=O) groups is 3. The summed E-state index contributed by atoms with van der Waals surface area (Å²) in [5.74, 6) is -1.72. The maximum atomic E-state index is 13.1. The smallest absolute Gasteiger partial charge is 0.241 e. The molecule has 0 bridgehead atoms. The summed E-state index contributed by atoms with van der Waals surface area (Å²) in [5.41, 5.74) is 0.693. The zero-order chi connectivity index (χ0) is 17.1. The number of carbonyl (C=O) groups excluding carboxylic acids is 3. The summed E-state index contributed by atoms with van der Waals surface area (Å²) in [5, 5.41) is 2.57. The summed E-state index contributed by atoms with van der Waals surface area (Å²) >= 11 is 0. The van der Waals surface area contributed by atoms with Gasteiger partial charge in [0.05, 0.1) is 18.5 Å². The van der Waals surface area contributed by atoms with Crippen LogP contribution in [0.4, 0.5) is 4.39 Å². The van der Waals surface area contributed by atoms with Crippen LogP contribution in [0, 0.1) is 11.7 Å². The van der Waals surface area contributed by atoms with Crippen molar-refractivity contribution in [3.63, 3.8) is 0 Å². The molecular formula is C16H20FN3O3. The molecule has 0 unspecified atom stereocenters. The second kappa shape index (κ2) is 6.76. The lowest BCUT2D eigenvalue weighted by molar-refractivity contribution is -0.132. The van der Waals surface area contributed by atoms with Crippen molar-refractivity contribution in [1.82, 2.24) is 15.1 Å². The van der Waals surface area contributed by atoms with Crippen LogP contribution in [0.1, 0.15) is 18.0 Å². The highest BCUT2D eigenvalue weighted by Crippen LogP contribution is 2.37. The Kier molecular flexibility index (Phi) is 4.98. The van der Waals surface area contributed by atoms with E-state index in [0.29, 0.717) is 5.56 Å². The maximum Gasteiger partial charge on any atom is 0.241 e.